The maximum Gasteiger partial charge on any atom is 0.164 e. The summed E-state index contributed by atoms with van der Waals surface area (Å²) in [4.78, 5) is 18.0. The second-order valence-corrected chi connectivity index (χ2v) is 15.0. The molecule has 54 heavy (non-hydrogen) atoms. The van der Waals surface area contributed by atoms with E-state index >= 15 is 0 Å². The average molecular weight is 706 g/mol. The zero-order valence-electron chi connectivity index (χ0n) is 29.1. The molecule has 1 aromatic heterocycles. The molecule has 252 valence electrons. The first kappa shape index (κ1) is 31.0. The number of nitrogens with zero attached hydrogens (tertiary/aromatic N) is 3. The van der Waals surface area contributed by atoms with Crippen molar-refractivity contribution in [2.24, 2.45) is 0 Å². The SMILES string of the molecule is c1ccc(-c2cccc(-c3nc(-c4ccccc4)nc(-c4cccc5cc6c(cc45)Sc4ccccc4C64c5ccccc5-c5ccccc54)n3)c2)cc1. The van der Waals surface area contributed by atoms with Gasteiger partial charge in [-0.3, -0.25) is 0 Å². The topological polar surface area (TPSA) is 38.7 Å². The zero-order valence-corrected chi connectivity index (χ0v) is 30.0. The van der Waals surface area contributed by atoms with Gasteiger partial charge in [-0.05, 0) is 79.5 Å². The second-order valence-electron chi connectivity index (χ2n) is 13.9. The van der Waals surface area contributed by atoms with Crippen molar-refractivity contribution in [3.05, 3.63) is 210 Å². The van der Waals surface area contributed by atoms with Crippen LogP contribution in [0.25, 0.3) is 67.2 Å². The Morgan fingerprint density at radius 1 is 0.333 bits per heavy atom. The van der Waals surface area contributed by atoms with Crippen molar-refractivity contribution in [1.29, 1.82) is 0 Å². The van der Waals surface area contributed by atoms with Gasteiger partial charge in [0.15, 0.2) is 17.5 Å². The van der Waals surface area contributed by atoms with Gasteiger partial charge in [0.2, 0.25) is 0 Å². The van der Waals surface area contributed by atoms with E-state index in [-0.39, 0.29) is 0 Å². The van der Waals surface area contributed by atoms with Gasteiger partial charge in [0.1, 0.15) is 0 Å². The first-order valence-electron chi connectivity index (χ1n) is 18.3. The van der Waals surface area contributed by atoms with Crippen molar-refractivity contribution >= 4 is 22.5 Å². The van der Waals surface area contributed by atoms with Crippen LogP contribution in [0.3, 0.4) is 0 Å². The van der Waals surface area contributed by atoms with Gasteiger partial charge in [0.25, 0.3) is 0 Å². The molecule has 0 amide bonds. The van der Waals surface area contributed by atoms with Crippen LogP contribution in [-0.4, -0.2) is 15.0 Å². The molecule has 1 spiro atoms. The van der Waals surface area contributed by atoms with Crippen LogP contribution in [0.1, 0.15) is 22.3 Å². The number of aromatic nitrogens is 3. The molecule has 0 fully saturated rings. The minimum absolute atomic E-state index is 0.431. The third-order valence-corrected chi connectivity index (χ3v) is 12.1. The molecular weight excluding hydrogens is 675 g/mol. The lowest BCUT2D eigenvalue weighted by molar-refractivity contribution is 0.724. The van der Waals surface area contributed by atoms with Gasteiger partial charge in [-0.25, -0.2) is 15.0 Å². The van der Waals surface area contributed by atoms with E-state index in [4.69, 9.17) is 15.0 Å². The highest BCUT2D eigenvalue weighted by atomic mass is 32.2. The van der Waals surface area contributed by atoms with E-state index in [1.165, 1.54) is 43.2 Å². The molecule has 0 saturated heterocycles. The first-order chi connectivity index (χ1) is 26.8. The van der Waals surface area contributed by atoms with E-state index in [0.717, 1.165) is 38.6 Å². The summed E-state index contributed by atoms with van der Waals surface area (Å²) in [5, 5.41) is 2.27. The third kappa shape index (κ3) is 4.67. The van der Waals surface area contributed by atoms with Crippen LogP contribution in [0.15, 0.2) is 198 Å². The first-order valence-corrected chi connectivity index (χ1v) is 19.1. The fourth-order valence-corrected chi connectivity index (χ4v) is 9.85. The fourth-order valence-electron chi connectivity index (χ4n) is 8.63. The van der Waals surface area contributed by atoms with Crippen LogP contribution in [-0.2, 0) is 5.41 Å². The lowest BCUT2D eigenvalue weighted by Crippen LogP contribution is -2.31. The molecule has 0 saturated carbocycles. The van der Waals surface area contributed by atoms with Crippen LogP contribution in [0, 0.1) is 0 Å². The maximum atomic E-state index is 5.23. The molecule has 4 heteroatoms. The number of hydrogen-bond acceptors (Lipinski definition) is 4. The second kappa shape index (κ2) is 12.2. The van der Waals surface area contributed by atoms with E-state index in [0.29, 0.717) is 17.5 Å². The summed E-state index contributed by atoms with van der Waals surface area (Å²) in [7, 11) is 0. The van der Waals surface area contributed by atoms with Gasteiger partial charge in [0.05, 0.1) is 5.41 Å². The summed E-state index contributed by atoms with van der Waals surface area (Å²) in [6, 6.07) is 67.3. The third-order valence-electron chi connectivity index (χ3n) is 11.0. The molecule has 0 unspecified atom stereocenters. The van der Waals surface area contributed by atoms with E-state index < -0.39 is 5.41 Å². The van der Waals surface area contributed by atoms with Crippen LogP contribution >= 0.6 is 11.8 Å². The highest BCUT2D eigenvalue weighted by Gasteiger charge is 2.50. The normalized spacial score (nSPS) is 13.3. The highest BCUT2D eigenvalue weighted by molar-refractivity contribution is 7.99. The minimum atomic E-state index is -0.431. The van der Waals surface area contributed by atoms with Gasteiger partial charge in [-0.15, -0.1) is 0 Å². The zero-order chi connectivity index (χ0) is 35.6. The van der Waals surface area contributed by atoms with E-state index in [1.807, 2.05) is 36.0 Å². The number of benzene rings is 8. The lowest BCUT2D eigenvalue weighted by atomic mass is 9.67. The number of fused-ring (bicyclic) bond motifs is 10. The molecule has 9 aromatic rings. The predicted molar refractivity (Wildman–Crippen MR) is 221 cm³/mol. The largest absolute Gasteiger partial charge is 0.208 e. The Kier molecular flexibility index (Phi) is 7.01. The van der Waals surface area contributed by atoms with Gasteiger partial charge in [-0.2, -0.15) is 0 Å². The Morgan fingerprint density at radius 3 is 1.61 bits per heavy atom. The van der Waals surface area contributed by atoms with Crippen molar-refractivity contribution in [3.8, 4) is 56.4 Å². The van der Waals surface area contributed by atoms with Gasteiger partial charge in [-0.1, -0.05) is 176 Å². The average Bonchev–Trinajstić information content (AvgIpc) is 3.54. The summed E-state index contributed by atoms with van der Waals surface area (Å²) in [5.74, 6) is 1.95. The van der Waals surface area contributed by atoms with Gasteiger partial charge >= 0.3 is 0 Å². The molecule has 0 N–H and O–H groups in total. The summed E-state index contributed by atoms with van der Waals surface area (Å²) >= 11 is 1.86. The Bertz CT molecular complexity index is 2870. The van der Waals surface area contributed by atoms with Gasteiger partial charge in [0, 0.05) is 26.5 Å². The fraction of sp³-hybridized carbons (Fsp3) is 0.0200. The van der Waals surface area contributed by atoms with E-state index in [9.17, 15) is 0 Å². The van der Waals surface area contributed by atoms with Crippen molar-refractivity contribution in [1.82, 2.24) is 15.0 Å². The smallest absolute Gasteiger partial charge is 0.164 e. The number of rotatable bonds is 4. The predicted octanol–water partition coefficient (Wildman–Crippen LogP) is 12.5. The molecule has 3 nitrogen and oxygen atoms in total. The summed E-state index contributed by atoms with van der Waals surface area (Å²) in [5.41, 5.74) is 12.6. The van der Waals surface area contributed by atoms with Crippen LogP contribution < -0.4 is 0 Å². The standard InChI is InChI=1S/C50H31N3S/c1-3-15-32(16-4-1)34-19-13-21-36(29-34)48-51-47(33-17-5-2-6-18-33)52-49(53-48)39-24-14-20-35-30-44-46(31-40(35)39)54-45-28-12-11-27-43(45)50(44)41-25-9-7-22-37(41)38-23-8-10-26-42(38)50/h1-31H. The monoisotopic (exact) mass is 705 g/mol. The molecule has 2 aliphatic rings. The summed E-state index contributed by atoms with van der Waals surface area (Å²) in [6.07, 6.45) is 0. The lowest BCUT2D eigenvalue weighted by Gasteiger charge is -2.40. The van der Waals surface area contributed by atoms with Crippen LogP contribution in [0.2, 0.25) is 0 Å². The summed E-state index contributed by atoms with van der Waals surface area (Å²) in [6.45, 7) is 0. The molecule has 1 aliphatic carbocycles. The van der Waals surface area contributed by atoms with Crippen LogP contribution in [0.5, 0.6) is 0 Å². The van der Waals surface area contributed by atoms with Crippen molar-refractivity contribution in [2.45, 2.75) is 15.2 Å². The van der Waals surface area contributed by atoms with Crippen LogP contribution in [0.4, 0.5) is 0 Å². The molecule has 11 rings (SSSR count). The van der Waals surface area contributed by atoms with E-state index in [1.54, 1.807) is 0 Å². The molecule has 1 aliphatic heterocycles. The maximum absolute atomic E-state index is 5.23. The molecule has 0 bridgehead atoms. The quantitative estimate of drug-likeness (QED) is 0.183. The van der Waals surface area contributed by atoms with Crippen molar-refractivity contribution < 1.29 is 0 Å². The Morgan fingerprint density at radius 2 is 0.870 bits per heavy atom. The Hall–Kier alpha value is -6.62. The van der Waals surface area contributed by atoms with E-state index in [2.05, 4.69) is 164 Å². The number of hydrogen-bond donors (Lipinski definition) is 0. The molecular formula is C50H31N3S. The molecule has 8 aromatic carbocycles. The highest BCUT2D eigenvalue weighted by Crippen LogP contribution is 2.62. The minimum Gasteiger partial charge on any atom is -0.208 e. The van der Waals surface area contributed by atoms with Gasteiger partial charge < -0.3 is 0 Å². The Balaban J connectivity index is 1.14. The van der Waals surface area contributed by atoms with Crippen molar-refractivity contribution in [3.63, 3.8) is 0 Å². The molecule has 0 atom stereocenters. The van der Waals surface area contributed by atoms with Crippen molar-refractivity contribution in [2.75, 3.05) is 0 Å². The Labute approximate surface area is 318 Å². The molecule has 0 radical (unpaired) electrons. The summed E-state index contributed by atoms with van der Waals surface area (Å²) < 4.78 is 0. The molecule has 2 heterocycles.